The van der Waals surface area contributed by atoms with Gasteiger partial charge in [0.25, 0.3) is 0 Å². The third-order valence-electron chi connectivity index (χ3n) is 3.51. The highest BCUT2D eigenvalue weighted by molar-refractivity contribution is 7.99. The van der Waals surface area contributed by atoms with E-state index in [1.807, 2.05) is 26.5 Å². The number of amides is 2. The molecular weight excluding hydrogens is 266 g/mol. The van der Waals surface area contributed by atoms with E-state index in [0.717, 1.165) is 18.8 Å². The second-order valence-corrected chi connectivity index (χ2v) is 6.61. The van der Waals surface area contributed by atoms with Gasteiger partial charge in [-0.1, -0.05) is 6.92 Å². The lowest BCUT2D eigenvalue weighted by molar-refractivity contribution is -0.138. The minimum absolute atomic E-state index is 0.0689. The number of thioether (sulfide) groups is 1. The summed E-state index contributed by atoms with van der Waals surface area (Å²) in [5.41, 5.74) is 0. The monoisotopic (exact) mass is 287 g/mol. The van der Waals surface area contributed by atoms with E-state index in [1.54, 1.807) is 0 Å². The number of hydrogen-bond acceptors (Lipinski definition) is 4. The predicted octanol–water partition coefficient (Wildman–Crippen LogP) is 0.246. The summed E-state index contributed by atoms with van der Waals surface area (Å²) >= 11 is 1.91. The van der Waals surface area contributed by atoms with Crippen molar-refractivity contribution in [3.63, 3.8) is 0 Å². The van der Waals surface area contributed by atoms with E-state index in [4.69, 9.17) is 5.11 Å². The van der Waals surface area contributed by atoms with Crippen molar-refractivity contribution >= 4 is 23.8 Å². The van der Waals surface area contributed by atoms with Gasteiger partial charge in [-0.2, -0.15) is 11.8 Å². The number of carboxylic acids is 1. The van der Waals surface area contributed by atoms with E-state index in [2.05, 4.69) is 6.92 Å². The summed E-state index contributed by atoms with van der Waals surface area (Å²) < 4.78 is 0. The Labute approximate surface area is 117 Å². The highest BCUT2D eigenvalue weighted by Crippen LogP contribution is 2.19. The van der Waals surface area contributed by atoms with Crippen LogP contribution in [-0.4, -0.2) is 88.6 Å². The summed E-state index contributed by atoms with van der Waals surface area (Å²) in [6.45, 7) is 6.41. The van der Waals surface area contributed by atoms with E-state index in [1.165, 1.54) is 0 Å². The van der Waals surface area contributed by atoms with Gasteiger partial charge in [0.2, 0.25) is 0 Å². The largest absolute Gasteiger partial charge is 0.480 e. The molecule has 1 unspecified atom stereocenters. The molecule has 108 valence electrons. The smallest absolute Gasteiger partial charge is 0.320 e. The molecular formula is C12H21N3O3S. The van der Waals surface area contributed by atoms with Crippen LogP contribution in [0.4, 0.5) is 4.79 Å². The second-order valence-electron chi connectivity index (χ2n) is 5.07. The Morgan fingerprint density at radius 1 is 1.16 bits per heavy atom. The van der Waals surface area contributed by atoms with Crippen molar-refractivity contribution in [2.45, 2.75) is 12.2 Å². The summed E-state index contributed by atoms with van der Waals surface area (Å²) in [5.74, 6) is 0.202. The highest BCUT2D eigenvalue weighted by Gasteiger charge is 2.28. The van der Waals surface area contributed by atoms with Gasteiger partial charge >= 0.3 is 12.0 Å². The van der Waals surface area contributed by atoms with Gasteiger partial charge in [-0.25, -0.2) is 4.79 Å². The summed E-state index contributed by atoms with van der Waals surface area (Å²) in [6, 6.07) is 0.113. The van der Waals surface area contributed by atoms with Crippen LogP contribution in [0, 0.1) is 0 Å². The number of carboxylic acid groups (broad SMARTS) is 1. The van der Waals surface area contributed by atoms with Gasteiger partial charge < -0.3 is 14.9 Å². The van der Waals surface area contributed by atoms with Crippen LogP contribution >= 0.6 is 11.8 Å². The second kappa shape index (κ2) is 6.47. The van der Waals surface area contributed by atoms with Crippen LogP contribution in [0.5, 0.6) is 0 Å². The lowest BCUT2D eigenvalue weighted by Gasteiger charge is -2.39. The Hall–Kier alpha value is -0.950. The van der Waals surface area contributed by atoms with Crippen LogP contribution < -0.4 is 0 Å². The maximum absolute atomic E-state index is 12.3. The van der Waals surface area contributed by atoms with Crippen LogP contribution in [0.2, 0.25) is 0 Å². The lowest BCUT2D eigenvalue weighted by Crippen LogP contribution is -2.55. The molecule has 0 aromatic heterocycles. The Morgan fingerprint density at radius 2 is 1.84 bits per heavy atom. The molecule has 0 aromatic rings. The summed E-state index contributed by atoms with van der Waals surface area (Å²) in [4.78, 5) is 28.6. The maximum atomic E-state index is 12.3. The number of hydrogen-bond donors (Lipinski definition) is 1. The zero-order chi connectivity index (χ0) is 13.8. The Morgan fingerprint density at radius 3 is 2.42 bits per heavy atom. The topological polar surface area (TPSA) is 64.1 Å². The molecule has 2 aliphatic rings. The van der Waals surface area contributed by atoms with Crippen LogP contribution in [0.15, 0.2) is 0 Å². The first-order chi connectivity index (χ1) is 9.06. The molecule has 7 heteroatoms. The summed E-state index contributed by atoms with van der Waals surface area (Å²) in [7, 11) is 0. The minimum atomic E-state index is -0.804. The zero-order valence-electron chi connectivity index (χ0n) is 11.2. The molecule has 19 heavy (non-hydrogen) atoms. The Bertz CT molecular complexity index is 345. The summed E-state index contributed by atoms with van der Waals surface area (Å²) in [5, 5.41) is 9.25. The number of carbonyl (C=O) groups is 2. The molecule has 1 atom stereocenters. The maximum Gasteiger partial charge on any atom is 0.320 e. The molecule has 0 bridgehead atoms. The quantitative estimate of drug-likeness (QED) is 0.788. The molecule has 2 rings (SSSR count). The van der Waals surface area contributed by atoms with Gasteiger partial charge in [0, 0.05) is 50.3 Å². The average molecular weight is 287 g/mol. The van der Waals surface area contributed by atoms with Crippen molar-refractivity contribution in [2.24, 2.45) is 0 Å². The van der Waals surface area contributed by atoms with E-state index in [0.29, 0.717) is 31.4 Å². The molecule has 1 N–H and O–H groups in total. The van der Waals surface area contributed by atoms with Crippen LogP contribution in [0.3, 0.4) is 0 Å². The van der Waals surface area contributed by atoms with Gasteiger partial charge in [-0.15, -0.1) is 0 Å². The lowest BCUT2D eigenvalue weighted by atomic mass is 10.3. The molecule has 2 fully saturated rings. The van der Waals surface area contributed by atoms with Gasteiger partial charge in [0.15, 0.2) is 0 Å². The molecule has 2 aliphatic heterocycles. The number of rotatable bonds is 2. The Balaban J connectivity index is 1.80. The fraction of sp³-hybridized carbons (Fsp3) is 0.833. The normalized spacial score (nSPS) is 25.4. The van der Waals surface area contributed by atoms with E-state index in [9.17, 15) is 9.59 Å². The van der Waals surface area contributed by atoms with E-state index in [-0.39, 0.29) is 12.6 Å². The van der Waals surface area contributed by atoms with Gasteiger partial charge in [-0.05, 0) is 0 Å². The molecule has 0 saturated carbocycles. The SMILES string of the molecule is CC1CN(C(=O)N2CCN(CC(=O)O)CC2)CCS1. The van der Waals surface area contributed by atoms with Crippen molar-refractivity contribution in [3.05, 3.63) is 0 Å². The zero-order valence-corrected chi connectivity index (χ0v) is 12.1. The summed E-state index contributed by atoms with van der Waals surface area (Å²) in [6.07, 6.45) is 0. The molecule has 0 aliphatic carbocycles. The molecule has 0 aromatic carbocycles. The number of piperazine rings is 1. The van der Waals surface area contributed by atoms with Gasteiger partial charge in [-0.3, -0.25) is 9.69 Å². The van der Waals surface area contributed by atoms with Crippen molar-refractivity contribution in [1.82, 2.24) is 14.7 Å². The van der Waals surface area contributed by atoms with Crippen molar-refractivity contribution in [3.8, 4) is 0 Å². The fourth-order valence-electron chi connectivity index (χ4n) is 2.48. The number of nitrogens with zero attached hydrogens (tertiary/aromatic N) is 3. The van der Waals surface area contributed by atoms with Crippen LogP contribution in [0.25, 0.3) is 0 Å². The van der Waals surface area contributed by atoms with Crippen LogP contribution in [-0.2, 0) is 4.79 Å². The van der Waals surface area contributed by atoms with Crippen molar-refractivity contribution < 1.29 is 14.7 Å². The number of aliphatic carboxylic acids is 1. The number of urea groups is 1. The minimum Gasteiger partial charge on any atom is -0.480 e. The molecule has 0 spiro atoms. The molecule has 2 saturated heterocycles. The van der Waals surface area contributed by atoms with E-state index >= 15 is 0 Å². The molecule has 6 nitrogen and oxygen atoms in total. The standard InChI is InChI=1S/C12H21N3O3S/c1-10-8-15(6-7-19-10)12(18)14-4-2-13(3-5-14)9-11(16)17/h10H,2-9H2,1H3,(H,16,17). The van der Waals surface area contributed by atoms with Gasteiger partial charge in [0.05, 0.1) is 6.54 Å². The molecule has 0 radical (unpaired) electrons. The average Bonchev–Trinajstić information content (AvgIpc) is 2.38. The highest BCUT2D eigenvalue weighted by atomic mass is 32.2. The van der Waals surface area contributed by atoms with Crippen molar-refractivity contribution in [2.75, 3.05) is 51.6 Å². The third-order valence-corrected chi connectivity index (χ3v) is 4.65. The third kappa shape index (κ3) is 4.01. The first-order valence-electron chi connectivity index (χ1n) is 6.66. The molecule has 2 amide bonds. The molecule has 2 heterocycles. The van der Waals surface area contributed by atoms with Gasteiger partial charge in [0.1, 0.15) is 0 Å². The Kier molecular flexibility index (Phi) is 4.93. The predicted molar refractivity (Wildman–Crippen MR) is 74.5 cm³/mol. The van der Waals surface area contributed by atoms with Crippen LogP contribution in [0.1, 0.15) is 6.92 Å². The number of carbonyl (C=O) groups excluding carboxylic acids is 1. The van der Waals surface area contributed by atoms with E-state index < -0.39 is 5.97 Å². The first kappa shape index (κ1) is 14.5. The first-order valence-corrected chi connectivity index (χ1v) is 7.70. The van der Waals surface area contributed by atoms with Crippen molar-refractivity contribution in [1.29, 1.82) is 0 Å². The fourth-order valence-corrected chi connectivity index (χ4v) is 3.49.